The Morgan fingerprint density at radius 3 is 2.93 bits per heavy atom. The third-order valence-electron chi connectivity index (χ3n) is 3.23. The summed E-state index contributed by atoms with van der Waals surface area (Å²) in [5.74, 6) is 0.188. The fraction of sp³-hybridized carbons (Fsp3) is 0.900. The Bertz CT molecular complexity index is 232. The molecule has 0 aromatic carbocycles. The van der Waals surface area contributed by atoms with Gasteiger partial charge in [-0.1, -0.05) is 0 Å². The minimum Gasteiger partial charge on any atom is -0.372 e. The van der Waals surface area contributed by atoms with E-state index in [1.165, 1.54) is 0 Å². The molecule has 4 heteroatoms. The molecule has 0 radical (unpaired) electrons. The molecule has 0 aliphatic carbocycles. The highest BCUT2D eigenvalue weighted by Gasteiger charge is 2.40. The number of carbonyl (C=O) groups is 1. The summed E-state index contributed by atoms with van der Waals surface area (Å²) in [5.41, 5.74) is 0. The molecule has 2 fully saturated rings. The van der Waals surface area contributed by atoms with Gasteiger partial charge in [-0.2, -0.15) is 0 Å². The molecule has 2 rings (SSSR count). The predicted octanol–water partition coefficient (Wildman–Crippen LogP) is -0.0622. The van der Waals surface area contributed by atoms with Crippen molar-refractivity contribution in [1.82, 2.24) is 9.80 Å². The lowest BCUT2D eigenvalue weighted by atomic mass is 10.2. The van der Waals surface area contributed by atoms with Gasteiger partial charge in [-0.05, 0) is 20.0 Å². The summed E-state index contributed by atoms with van der Waals surface area (Å²) in [4.78, 5) is 16.1. The van der Waals surface area contributed by atoms with Gasteiger partial charge < -0.3 is 14.5 Å². The van der Waals surface area contributed by atoms with Crippen molar-refractivity contribution in [3.8, 4) is 0 Å². The van der Waals surface area contributed by atoms with Crippen molar-refractivity contribution in [2.75, 3.05) is 33.8 Å². The number of likely N-dealkylation sites (N-methyl/N-ethyl adjacent to an activating group) is 1. The summed E-state index contributed by atoms with van der Waals surface area (Å²) in [7, 11) is 3.74. The van der Waals surface area contributed by atoms with Crippen LogP contribution in [0.4, 0.5) is 0 Å². The molecule has 0 N–H and O–H groups in total. The van der Waals surface area contributed by atoms with Gasteiger partial charge in [-0.25, -0.2) is 0 Å². The third-order valence-corrected chi connectivity index (χ3v) is 3.23. The molecular weight excluding hydrogens is 180 g/mol. The monoisotopic (exact) mass is 198 g/mol. The van der Waals surface area contributed by atoms with Gasteiger partial charge in [0.05, 0.1) is 0 Å². The van der Waals surface area contributed by atoms with E-state index in [2.05, 4.69) is 11.9 Å². The second-order valence-electron chi connectivity index (χ2n) is 4.26. The zero-order valence-corrected chi connectivity index (χ0v) is 8.90. The zero-order chi connectivity index (χ0) is 10.1. The van der Waals surface area contributed by atoms with Crippen molar-refractivity contribution >= 4 is 5.91 Å². The number of hydrogen-bond donors (Lipinski definition) is 0. The lowest BCUT2D eigenvalue weighted by Crippen LogP contribution is -2.37. The van der Waals surface area contributed by atoms with Crippen molar-refractivity contribution in [2.45, 2.75) is 25.0 Å². The molecule has 0 spiro atoms. The summed E-state index contributed by atoms with van der Waals surface area (Å²) in [6.07, 6.45) is 1.75. The van der Waals surface area contributed by atoms with Crippen LogP contribution in [0.2, 0.25) is 0 Å². The Balaban J connectivity index is 2.08. The Morgan fingerprint density at radius 1 is 1.43 bits per heavy atom. The standard InChI is InChI=1S/C10H18N2O2/c1-11-4-3-5-12-8(7-11)6-9(14-2)10(12)13/h8-9H,3-7H2,1-2H3. The number of ether oxygens (including phenoxy) is 1. The van der Waals surface area contributed by atoms with E-state index in [9.17, 15) is 4.79 Å². The second-order valence-corrected chi connectivity index (χ2v) is 4.26. The number of rotatable bonds is 1. The molecule has 0 aromatic rings. The van der Waals surface area contributed by atoms with Crippen LogP contribution in [0, 0.1) is 0 Å². The molecule has 14 heavy (non-hydrogen) atoms. The number of carbonyl (C=O) groups excluding carboxylic acids is 1. The van der Waals surface area contributed by atoms with Crippen LogP contribution in [-0.2, 0) is 9.53 Å². The molecule has 2 atom stereocenters. The first kappa shape index (κ1) is 9.93. The maximum atomic E-state index is 11.8. The van der Waals surface area contributed by atoms with E-state index in [1.807, 2.05) is 4.90 Å². The molecule has 0 saturated carbocycles. The van der Waals surface area contributed by atoms with E-state index < -0.39 is 0 Å². The normalized spacial score (nSPS) is 34.4. The predicted molar refractivity (Wildman–Crippen MR) is 53.0 cm³/mol. The van der Waals surface area contributed by atoms with Gasteiger partial charge in [0, 0.05) is 32.7 Å². The average Bonchev–Trinajstić information content (AvgIpc) is 2.34. The maximum absolute atomic E-state index is 11.8. The fourth-order valence-electron chi connectivity index (χ4n) is 2.47. The maximum Gasteiger partial charge on any atom is 0.252 e. The van der Waals surface area contributed by atoms with Crippen LogP contribution < -0.4 is 0 Å². The lowest BCUT2D eigenvalue weighted by molar-refractivity contribution is -0.136. The largest absolute Gasteiger partial charge is 0.372 e. The molecule has 4 nitrogen and oxygen atoms in total. The molecule has 0 aromatic heterocycles. The van der Waals surface area contributed by atoms with Crippen LogP contribution in [0.5, 0.6) is 0 Å². The zero-order valence-electron chi connectivity index (χ0n) is 8.90. The number of fused-ring (bicyclic) bond motifs is 1. The van der Waals surface area contributed by atoms with Crippen LogP contribution in [0.3, 0.4) is 0 Å². The van der Waals surface area contributed by atoms with Gasteiger partial charge in [-0.15, -0.1) is 0 Å². The van der Waals surface area contributed by atoms with E-state index in [-0.39, 0.29) is 12.0 Å². The van der Waals surface area contributed by atoms with Crippen molar-refractivity contribution in [3.63, 3.8) is 0 Å². The Kier molecular flexibility index (Phi) is 2.74. The van der Waals surface area contributed by atoms with E-state index in [4.69, 9.17) is 4.74 Å². The smallest absolute Gasteiger partial charge is 0.252 e. The van der Waals surface area contributed by atoms with Gasteiger partial charge in [0.1, 0.15) is 6.10 Å². The highest BCUT2D eigenvalue weighted by atomic mass is 16.5. The quantitative estimate of drug-likeness (QED) is 0.591. The third kappa shape index (κ3) is 1.64. The lowest BCUT2D eigenvalue weighted by Gasteiger charge is -2.22. The number of methoxy groups -OCH3 is 1. The van der Waals surface area contributed by atoms with E-state index >= 15 is 0 Å². The fourth-order valence-corrected chi connectivity index (χ4v) is 2.47. The Morgan fingerprint density at radius 2 is 2.21 bits per heavy atom. The van der Waals surface area contributed by atoms with Crippen molar-refractivity contribution < 1.29 is 9.53 Å². The van der Waals surface area contributed by atoms with E-state index in [0.29, 0.717) is 6.04 Å². The number of hydrogen-bond acceptors (Lipinski definition) is 3. The topological polar surface area (TPSA) is 32.8 Å². The summed E-state index contributed by atoms with van der Waals surface area (Å²) in [6, 6.07) is 0.375. The first-order valence-corrected chi connectivity index (χ1v) is 5.24. The first-order valence-electron chi connectivity index (χ1n) is 5.24. The van der Waals surface area contributed by atoms with Crippen molar-refractivity contribution in [3.05, 3.63) is 0 Å². The van der Waals surface area contributed by atoms with Crippen LogP contribution >= 0.6 is 0 Å². The molecule has 2 heterocycles. The van der Waals surface area contributed by atoms with Crippen molar-refractivity contribution in [1.29, 1.82) is 0 Å². The molecule has 2 saturated heterocycles. The molecule has 2 unspecified atom stereocenters. The van der Waals surface area contributed by atoms with E-state index in [1.54, 1.807) is 7.11 Å². The molecule has 2 aliphatic heterocycles. The van der Waals surface area contributed by atoms with Gasteiger partial charge in [0.25, 0.3) is 5.91 Å². The van der Waals surface area contributed by atoms with Gasteiger partial charge in [-0.3, -0.25) is 4.79 Å². The summed E-state index contributed by atoms with van der Waals surface area (Å²) in [5, 5.41) is 0. The second kappa shape index (κ2) is 3.87. The molecular formula is C10H18N2O2. The van der Waals surface area contributed by atoms with Crippen LogP contribution in [0.1, 0.15) is 12.8 Å². The minimum absolute atomic E-state index is 0.188. The van der Waals surface area contributed by atoms with Crippen LogP contribution in [0.15, 0.2) is 0 Å². The molecule has 80 valence electrons. The van der Waals surface area contributed by atoms with Crippen LogP contribution in [-0.4, -0.2) is 61.6 Å². The molecule has 2 aliphatic rings. The average molecular weight is 198 g/mol. The number of amides is 1. The Hall–Kier alpha value is -0.610. The molecule has 0 bridgehead atoms. The van der Waals surface area contributed by atoms with Crippen molar-refractivity contribution in [2.24, 2.45) is 0 Å². The van der Waals surface area contributed by atoms with E-state index in [0.717, 1.165) is 32.5 Å². The summed E-state index contributed by atoms with van der Waals surface area (Å²) < 4.78 is 5.18. The summed E-state index contributed by atoms with van der Waals surface area (Å²) in [6.45, 7) is 2.98. The van der Waals surface area contributed by atoms with Gasteiger partial charge in [0.2, 0.25) is 0 Å². The molecule has 1 amide bonds. The SMILES string of the molecule is COC1CC2CN(C)CCCN2C1=O. The summed E-state index contributed by atoms with van der Waals surface area (Å²) >= 11 is 0. The van der Waals surface area contributed by atoms with Crippen LogP contribution in [0.25, 0.3) is 0 Å². The van der Waals surface area contributed by atoms with Gasteiger partial charge >= 0.3 is 0 Å². The minimum atomic E-state index is -0.188. The first-order chi connectivity index (χ1) is 6.72. The highest BCUT2D eigenvalue weighted by molar-refractivity contribution is 5.83. The highest BCUT2D eigenvalue weighted by Crippen LogP contribution is 2.24. The van der Waals surface area contributed by atoms with Gasteiger partial charge in [0.15, 0.2) is 0 Å². The Labute approximate surface area is 84.8 Å². The number of nitrogens with zero attached hydrogens (tertiary/aromatic N) is 2.